The second kappa shape index (κ2) is 5.65. The Bertz CT molecular complexity index is 469. The quantitative estimate of drug-likeness (QED) is 0.794. The second-order valence-electron chi connectivity index (χ2n) is 3.57. The number of hydrogen-bond donors (Lipinski definition) is 2. The van der Waals surface area contributed by atoms with Gasteiger partial charge in [-0.05, 0) is 31.2 Å². The van der Waals surface area contributed by atoms with E-state index in [0.29, 0.717) is 11.6 Å². The summed E-state index contributed by atoms with van der Waals surface area (Å²) in [6, 6.07) is 5.60. The van der Waals surface area contributed by atoms with Gasteiger partial charge in [0.1, 0.15) is 12.7 Å². The van der Waals surface area contributed by atoms with Crippen LogP contribution in [0.5, 0.6) is 0 Å². The van der Waals surface area contributed by atoms with Gasteiger partial charge in [0.05, 0.1) is 11.4 Å². The fourth-order valence-corrected chi connectivity index (χ4v) is 1.68. The predicted octanol–water partition coefficient (Wildman–Crippen LogP) is 1.68. The topological polar surface area (TPSA) is 68.8 Å². The number of halogens is 1. The molecule has 0 spiro atoms. The Balaban J connectivity index is 2.25. The van der Waals surface area contributed by atoms with E-state index in [1.54, 1.807) is 11.0 Å². The van der Waals surface area contributed by atoms with Gasteiger partial charge >= 0.3 is 0 Å². The van der Waals surface area contributed by atoms with E-state index in [1.165, 1.54) is 6.33 Å². The van der Waals surface area contributed by atoms with Gasteiger partial charge in [-0.25, -0.2) is 9.67 Å². The molecule has 1 aromatic heterocycles. The zero-order valence-electron chi connectivity index (χ0n) is 9.31. The number of rotatable bonds is 5. The second-order valence-corrected chi connectivity index (χ2v) is 4.01. The first-order valence-electron chi connectivity index (χ1n) is 5.40. The van der Waals surface area contributed by atoms with Crippen molar-refractivity contribution in [3.05, 3.63) is 35.9 Å². The van der Waals surface area contributed by atoms with E-state index < -0.39 is 0 Å². The normalized spacial score (nSPS) is 10.5. The molecule has 6 heteroatoms. The van der Waals surface area contributed by atoms with Gasteiger partial charge in [-0.3, -0.25) is 0 Å². The molecule has 2 aromatic rings. The van der Waals surface area contributed by atoms with Gasteiger partial charge in [-0.1, -0.05) is 11.6 Å². The number of hydrogen-bond acceptors (Lipinski definition) is 4. The van der Waals surface area contributed by atoms with Crippen molar-refractivity contribution in [1.82, 2.24) is 14.8 Å². The lowest BCUT2D eigenvalue weighted by Crippen LogP contribution is -2.10. The minimum atomic E-state index is 0.659. The average molecular weight is 252 g/mol. The summed E-state index contributed by atoms with van der Waals surface area (Å²) in [6.45, 7) is 1.46. The van der Waals surface area contributed by atoms with Crippen molar-refractivity contribution in [2.75, 3.05) is 18.4 Å². The fraction of sp³-hybridized carbons (Fsp3) is 0.273. The highest BCUT2D eigenvalue weighted by atomic mass is 35.5. The molecule has 1 aromatic carbocycles. The molecule has 0 amide bonds. The maximum atomic E-state index is 5.98. The van der Waals surface area contributed by atoms with Gasteiger partial charge in [0.25, 0.3) is 0 Å². The van der Waals surface area contributed by atoms with Gasteiger partial charge in [-0.2, -0.15) is 5.10 Å². The van der Waals surface area contributed by atoms with Crippen LogP contribution in [0.4, 0.5) is 5.69 Å². The Kier molecular flexibility index (Phi) is 3.95. The van der Waals surface area contributed by atoms with Crippen molar-refractivity contribution in [3.8, 4) is 5.69 Å². The van der Waals surface area contributed by atoms with E-state index in [2.05, 4.69) is 15.4 Å². The van der Waals surface area contributed by atoms with Crippen molar-refractivity contribution in [2.24, 2.45) is 5.73 Å². The molecule has 2 rings (SSSR count). The third-order valence-corrected chi connectivity index (χ3v) is 2.56. The van der Waals surface area contributed by atoms with Crippen LogP contribution >= 0.6 is 11.6 Å². The van der Waals surface area contributed by atoms with Crippen molar-refractivity contribution < 1.29 is 0 Å². The maximum absolute atomic E-state index is 5.98. The molecule has 0 atom stereocenters. The molecule has 90 valence electrons. The van der Waals surface area contributed by atoms with E-state index in [-0.39, 0.29) is 0 Å². The van der Waals surface area contributed by atoms with Crippen LogP contribution < -0.4 is 11.1 Å². The highest BCUT2D eigenvalue weighted by Gasteiger charge is 2.05. The van der Waals surface area contributed by atoms with Crippen LogP contribution in [0.2, 0.25) is 5.02 Å². The van der Waals surface area contributed by atoms with E-state index in [1.807, 2.05) is 18.2 Å². The molecule has 0 aliphatic rings. The lowest BCUT2D eigenvalue weighted by molar-refractivity contribution is 0.857. The van der Waals surface area contributed by atoms with Crippen molar-refractivity contribution in [1.29, 1.82) is 0 Å². The molecule has 0 aliphatic heterocycles. The number of nitrogens with zero attached hydrogens (tertiary/aromatic N) is 3. The summed E-state index contributed by atoms with van der Waals surface area (Å²) in [4.78, 5) is 3.93. The molecule has 0 unspecified atom stereocenters. The van der Waals surface area contributed by atoms with Crippen LogP contribution in [0, 0.1) is 0 Å². The van der Waals surface area contributed by atoms with Gasteiger partial charge in [-0.15, -0.1) is 0 Å². The lowest BCUT2D eigenvalue weighted by atomic mass is 10.2. The number of nitrogens with two attached hydrogens (primary N) is 1. The third-order valence-electron chi connectivity index (χ3n) is 2.32. The SMILES string of the molecule is NCCCNc1cc(Cl)ccc1-n1cncn1. The Labute approximate surface area is 105 Å². The summed E-state index contributed by atoms with van der Waals surface area (Å²) in [5, 5.41) is 8.08. The van der Waals surface area contributed by atoms with Gasteiger partial charge in [0, 0.05) is 11.6 Å². The third kappa shape index (κ3) is 2.95. The predicted molar refractivity (Wildman–Crippen MR) is 68.5 cm³/mol. The number of benzene rings is 1. The van der Waals surface area contributed by atoms with E-state index >= 15 is 0 Å². The molecular weight excluding hydrogens is 238 g/mol. The van der Waals surface area contributed by atoms with E-state index in [0.717, 1.165) is 24.3 Å². The molecule has 0 saturated heterocycles. The standard InChI is InChI=1S/C11H14ClN5/c12-9-2-3-11(17-8-14-7-16-17)10(6-9)15-5-1-4-13/h2-3,6-8,15H,1,4-5,13H2. The molecule has 3 N–H and O–H groups in total. The monoisotopic (exact) mass is 251 g/mol. The first-order valence-corrected chi connectivity index (χ1v) is 5.77. The fourth-order valence-electron chi connectivity index (χ4n) is 1.51. The highest BCUT2D eigenvalue weighted by Crippen LogP contribution is 2.23. The average Bonchev–Trinajstić information content (AvgIpc) is 2.83. The van der Waals surface area contributed by atoms with E-state index in [4.69, 9.17) is 17.3 Å². The van der Waals surface area contributed by atoms with Crippen molar-refractivity contribution >= 4 is 17.3 Å². The largest absolute Gasteiger partial charge is 0.383 e. The van der Waals surface area contributed by atoms with Crippen molar-refractivity contribution in [2.45, 2.75) is 6.42 Å². The Morgan fingerprint density at radius 2 is 2.29 bits per heavy atom. The van der Waals surface area contributed by atoms with Gasteiger partial charge < -0.3 is 11.1 Å². The first kappa shape index (κ1) is 11.9. The molecule has 0 radical (unpaired) electrons. The van der Waals surface area contributed by atoms with Crippen LogP contribution in [-0.2, 0) is 0 Å². The molecule has 0 fully saturated rings. The van der Waals surface area contributed by atoms with E-state index in [9.17, 15) is 0 Å². The Morgan fingerprint density at radius 3 is 3.00 bits per heavy atom. The summed E-state index contributed by atoms with van der Waals surface area (Å²) in [5.74, 6) is 0. The van der Waals surface area contributed by atoms with Gasteiger partial charge in [0.2, 0.25) is 0 Å². The zero-order valence-corrected chi connectivity index (χ0v) is 10.1. The van der Waals surface area contributed by atoms with Crippen LogP contribution in [0.15, 0.2) is 30.9 Å². The number of nitrogens with one attached hydrogen (secondary N) is 1. The van der Waals surface area contributed by atoms with Gasteiger partial charge in [0.15, 0.2) is 0 Å². The van der Waals surface area contributed by atoms with Crippen LogP contribution in [0.25, 0.3) is 5.69 Å². The Hall–Kier alpha value is -1.59. The zero-order chi connectivity index (χ0) is 12.1. The molecule has 0 bridgehead atoms. The lowest BCUT2D eigenvalue weighted by Gasteiger charge is -2.11. The summed E-state index contributed by atoms with van der Waals surface area (Å²) in [5.41, 5.74) is 7.31. The first-order chi connectivity index (χ1) is 8.31. The number of aromatic nitrogens is 3. The Morgan fingerprint density at radius 1 is 1.41 bits per heavy atom. The molecule has 0 aliphatic carbocycles. The molecular formula is C11H14ClN5. The van der Waals surface area contributed by atoms with Crippen LogP contribution in [0.1, 0.15) is 6.42 Å². The maximum Gasteiger partial charge on any atom is 0.138 e. The smallest absolute Gasteiger partial charge is 0.138 e. The minimum Gasteiger partial charge on any atom is -0.383 e. The summed E-state index contributed by atoms with van der Waals surface area (Å²) in [6.07, 6.45) is 4.05. The minimum absolute atomic E-state index is 0.659. The molecule has 0 saturated carbocycles. The molecule has 5 nitrogen and oxygen atoms in total. The molecule has 1 heterocycles. The van der Waals surface area contributed by atoms with Crippen LogP contribution in [-0.4, -0.2) is 27.9 Å². The summed E-state index contributed by atoms with van der Waals surface area (Å²) < 4.78 is 1.70. The van der Waals surface area contributed by atoms with Crippen LogP contribution in [0.3, 0.4) is 0 Å². The summed E-state index contributed by atoms with van der Waals surface area (Å²) >= 11 is 5.98. The number of anilines is 1. The molecule has 17 heavy (non-hydrogen) atoms. The highest BCUT2D eigenvalue weighted by molar-refractivity contribution is 6.31. The summed E-state index contributed by atoms with van der Waals surface area (Å²) in [7, 11) is 0. The van der Waals surface area contributed by atoms with Crippen molar-refractivity contribution in [3.63, 3.8) is 0 Å².